The smallest absolute Gasteiger partial charge is 0.258 e. The lowest BCUT2D eigenvalue weighted by molar-refractivity contribution is 0.0989. The zero-order valence-corrected chi connectivity index (χ0v) is 11.0. The van der Waals surface area contributed by atoms with Crippen molar-refractivity contribution in [2.75, 3.05) is 11.4 Å². The Balaban J connectivity index is 2.38. The third-order valence-corrected chi connectivity index (χ3v) is 3.00. The molecule has 0 heterocycles. The summed E-state index contributed by atoms with van der Waals surface area (Å²) in [5, 5.41) is 0. The van der Waals surface area contributed by atoms with Crippen LogP contribution < -0.4 is 4.90 Å². The van der Waals surface area contributed by atoms with Crippen molar-refractivity contribution < 1.29 is 4.79 Å². The van der Waals surface area contributed by atoms with E-state index in [2.05, 4.69) is 6.58 Å². The van der Waals surface area contributed by atoms with E-state index >= 15 is 0 Å². The van der Waals surface area contributed by atoms with Gasteiger partial charge in [-0.25, -0.2) is 0 Å². The van der Waals surface area contributed by atoms with E-state index in [1.807, 2.05) is 61.5 Å². The number of amides is 1. The molecule has 19 heavy (non-hydrogen) atoms. The number of anilines is 1. The van der Waals surface area contributed by atoms with Gasteiger partial charge in [0.25, 0.3) is 5.91 Å². The summed E-state index contributed by atoms with van der Waals surface area (Å²) in [7, 11) is 0. The monoisotopic (exact) mass is 251 g/mol. The Kier molecular flexibility index (Phi) is 4.14. The van der Waals surface area contributed by atoms with E-state index in [-0.39, 0.29) is 5.91 Å². The molecule has 2 rings (SSSR count). The fourth-order valence-electron chi connectivity index (χ4n) is 2.00. The molecule has 0 aromatic heterocycles. The number of aryl methyl sites for hydroxylation is 1. The molecular weight excluding hydrogens is 234 g/mol. The van der Waals surface area contributed by atoms with E-state index in [9.17, 15) is 4.79 Å². The molecule has 96 valence electrons. The molecule has 0 unspecified atom stereocenters. The Morgan fingerprint density at radius 2 is 1.74 bits per heavy atom. The predicted molar refractivity (Wildman–Crippen MR) is 79.5 cm³/mol. The Morgan fingerprint density at radius 1 is 1.11 bits per heavy atom. The molecular formula is C17H17NO. The van der Waals surface area contributed by atoms with Crippen molar-refractivity contribution in [2.45, 2.75) is 6.92 Å². The van der Waals surface area contributed by atoms with Crippen LogP contribution in [0.4, 0.5) is 5.69 Å². The Bertz CT molecular complexity index is 575. The molecule has 0 N–H and O–H groups in total. The van der Waals surface area contributed by atoms with E-state index in [1.165, 1.54) is 0 Å². The number of hydrogen-bond donors (Lipinski definition) is 0. The lowest BCUT2D eigenvalue weighted by atomic mass is 10.1. The third kappa shape index (κ3) is 2.91. The minimum atomic E-state index is 0.00389. The van der Waals surface area contributed by atoms with Crippen LogP contribution in [-0.2, 0) is 0 Å². The number of hydrogen-bond acceptors (Lipinski definition) is 1. The molecule has 0 saturated carbocycles. The van der Waals surface area contributed by atoms with Crippen LogP contribution in [0.3, 0.4) is 0 Å². The molecule has 0 atom stereocenters. The summed E-state index contributed by atoms with van der Waals surface area (Å²) in [5.41, 5.74) is 2.60. The summed E-state index contributed by atoms with van der Waals surface area (Å²) in [4.78, 5) is 14.4. The first kappa shape index (κ1) is 13.1. The van der Waals surface area contributed by atoms with Crippen LogP contribution in [0.5, 0.6) is 0 Å². The molecule has 0 aliphatic heterocycles. The van der Waals surface area contributed by atoms with Crippen LogP contribution in [0.1, 0.15) is 15.9 Å². The van der Waals surface area contributed by atoms with Crippen molar-refractivity contribution in [2.24, 2.45) is 0 Å². The van der Waals surface area contributed by atoms with Crippen molar-refractivity contribution in [3.8, 4) is 0 Å². The van der Waals surface area contributed by atoms with Crippen LogP contribution >= 0.6 is 0 Å². The molecule has 0 aliphatic carbocycles. The highest BCUT2D eigenvalue weighted by atomic mass is 16.2. The minimum absolute atomic E-state index is 0.00389. The zero-order valence-electron chi connectivity index (χ0n) is 11.0. The summed E-state index contributed by atoms with van der Waals surface area (Å²) >= 11 is 0. The first-order chi connectivity index (χ1) is 9.24. The van der Waals surface area contributed by atoms with Crippen LogP contribution in [-0.4, -0.2) is 12.5 Å². The number of carbonyl (C=O) groups excluding carboxylic acids is 1. The van der Waals surface area contributed by atoms with Crippen molar-refractivity contribution in [1.82, 2.24) is 0 Å². The predicted octanol–water partition coefficient (Wildman–Crippen LogP) is 3.83. The largest absolute Gasteiger partial charge is 0.305 e. The first-order valence-electron chi connectivity index (χ1n) is 6.27. The second-order valence-corrected chi connectivity index (χ2v) is 4.35. The fraction of sp³-hybridized carbons (Fsp3) is 0.118. The Hall–Kier alpha value is -2.35. The number of nitrogens with zero attached hydrogens (tertiary/aromatic N) is 1. The number of para-hydroxylation sites is 1. The highest BCUT2D eigenvalue weighted by Gasteiger charge is 2.17. The first-order valence-corrected chi connectivity index (χ1v) is 6.27. The van der Waals surface area contributed by atoms with Gasteiger partial charge in [0.2, 0.25) is 0 Å². The summed E-state index contributed by atoms with van der Waals surface area (Å²) in [5.74, 6) is 0.00389. The average molecular weight is 251 g/mol. The lowest BCUT2D eigenvalue weighted by Gasteiger charge is -2.22. The van der Waals surface area contributed by atoms with Crippen molar-refractivity contribution in [3.63, 3.8) is 0 Å². The molecule has 2 heteroatoms. The van der Waals surface area contributed by atoms with Gasteiger partial charge in [0.05, 0.1) is 0 Å². The van der Waals surface area contributed by atoms with E-state index in [4.69, 9.17) is 0 Å². The van der Waals surface area contributed by atoms with E-state index < -0.39 is 0 Å². The normalized spacial score (nSPS) is 9.95. The van der Waals surface area contributed by atoms with Gasteiger partial charge in [-0.1, -0.05) is 42.5 Å². The molecule has 0 saturated heterocycles. The Morgan fingerprint density at radius 3 is 2.37 bits per heavy atom. The van der Waals surface area contributed by atoms with Gasteiger partial charge in [0.1, 0.15) is 0 Å². The van der Waals surface area contributed by atoms with Crippen LogP contribution in [0.2, 0.25) is 0 Å². The van der Waals surface area contributed by atoms with E-state index in [1.54, 1.807) is 11.0 Å². The van der Waals surface area contributed by atoms with E-state index in [0.717, 1.165) is 16.8 Å². The summed E-state index contributed by atoms with van der Waals surface area (Å²) in [6.45, 7) is 6.18. The van der Waals surface area contributed by atoms with Gasteiger partial charge in [0, 0.05) is 17.8 Å². The van der Waals surface area contributed by atoms with Gasteiger partial charge >= 0.3 is 0 Å². The molecule has 2 nitrogen and oxygen atoms in total. The molecule has 1 amide bonds. The van der Waals surface area contributed by atoms with Gasteiger partial charge in [-0.15, -0.1) is 6.58 Å². The molecule has 0 spiro atoms. The second kappa shape index (κ2) is 6.01. The van der Waals surface area contributed by atoms with Gasteiger partial charge in [-0.2, -0.15) is 0 Å². The molecule has 0 bridgehead atoms. The third-order valence-electron chi connectivity index (χ3n) is 3.00. The highest BCUT2D eigenvalue weighted by molar-refractivity contribution is 6.07. The van der Waals surface area contributed by atoms with Crippen LogP contribution in [0.15, 0.2) is 67.3 Å². The second-order valence-electron chi connectivity index (χ2n) is 4.35. The Labute approximate surface area is 114 Å². The molecule has 0 radical (unpaired) electrons. The maximum Gasteiger partial charge on any atom is 0.258 e. The number of carbonyl (C=O) groups is 1. The average Bonchev–Trinajstić information content (AvgIpc) is 2.45. The summed E-state index contributed by atoms with van der Waals surface area (Å²) < 4.78 is 0. The van der Waals surface area contributed by atoms with Crippen molar-refractivity contribution >= 4 is 11.6 Å². The summed E-state index contributed by atoms with van der Waals surface area (Å²) in [6, 6.07) is 17.3. The molecule has 0 fully saturated rings. The minimum Gasteiger partial charge on any atom is -0.305 e. The topological polar surface area (TPSA) is 20.3 Å². The maximum atomic E-state index is 12.6. The van der Waals surface area contributed by atoms with Crippen molar-refractivity contribution in [1.29, 1.82) is 0 Å². The highest BCUT2D eigenvalue weighted by Crippen LogP contribution is 2.18. The molecule has 2 aromatic carbocycles. The fourth-order valence-corrected chi connectivity index (χ4v) is 2.00. The van der Waals surface area contributed by atoms with Crippen LogP contribution in [0, 0.1) is 6.92 Å². The van der Waals surface area contributed by atoms with E-state index in [0.29, 0.717) is 6.54 Å². The van der Waals surface area contributed by atoms with Crippen LogP contribution in [0.25, 0.3) is 0 Å². The molecule has 2 aromatic rings. The van der Waals surface area contributed by atoms with Crippen molar-refractivity contribution in [3.05, 3.63) is 78.4 Å². The number of rotatable bonds is 4. The van der Waals surface area contributed by atoms with Gasteiger partial charge < -0.3 is 4.90 Å². The number of benzene rings is 2. The van der Waals surface area contributed by atoms with Gasteiger partial charge in [-0.3, -0.25) is 4.79 Å². The summed E-state index contributed by atoms with van der Waals surface area (Å²) in [6.07, 6.45) is 1.74. The standard InChI is InChI=1S/C17H17NO/c1-3-13-18(15-10-5-4-6-11-15)17(19)16-12-8-7-9-14(16)2/h3-12H,1,13H2,2H3. The zero-order chi connectivity index (χ0) is 13.7. The SMILES string of the molecule is C=CCN(C(=O)c1ccccc1C)c1ccccc1. The molecule has 0 aliphatic rings. The van der Waals surface area contributed by atoms with Gasteiger partial charge in [-0.05, 0) is 30.7 Å². The quantitative estimate of drug-likeness (QED) is 0.756. The lowest BCUT2D eigenvalue weighted by Crippen LogP contribution is -2.31. The maximum absolute atomic E-state index is 12.6. The van der Waals surface area contributed by atoms with Gasteiger partial charge in [0.15, 0.2) is 0 Å².